The monoisotopic (exact) mass is 295 g/mol. The Hall–Kier alpha value is -2.22. The number of aliphatic hydroxyl groups is 1. The molecule has 8 heteroatoms. The van der Waals surface area contributed by atoms with Crippen molar-refractivity contribution in [3.63, 3.8) is 0 Å². The van der Waals surface area contributed by atoms with Crippen molar-refractivity contribution < 1.29 is 19.9 Å². The zero-order valence-electron chi connectivity index (χ0n) is 11.4. The average molecular weight is 295 g/mol. The number of pyridine rings is 1. The number of anilines is 1. The molecule has 1 aromatic rings. The Labute approximate surface area is 121 Å². The molecule has 1 aliphatic rings. The molecule has 0 atom stereocenters. The number of aromatic nitrogens is 1. The molecule has 1 aromatic heterocycles. The molecule has 1 heterocycles. The lowest BCUT2D eigenvalue weighted by Crippen LogP contribution is -2.39. The van der Waals surface area contributed by atoms with Crippen LogP contribution in [0.5, 0.6) is 0 Å². The molecule has 114 valence electrons. The molecule has 1 fully saturated rings. The van der Waals surface area contributed by atoms with Gasteiger partial charge in [-0.1, -0.05) is 19.3 Å². The molecule has 1 aliphatic carbocycles. The van der Waals surface area contributed by atoms with E-state index in [4.69, 9.17) is 5.11 Å². The lowest BCUT2D eigenvalue weighted by molar-refractivity contribution is -0.384. The minimum absolute atomic E-state index is 0.0241. The summed E-state index contributed by atoms with van der Waals surface area (Å²) >= 11 is 0. The van der Waals surface area contributed by atoms with Crippen LogP contribution in [0.1, 0.15) is 42.5 Å². The van der Waals surface area contributed by atoms with Crippen LogP contribution in [0.15, 0.2) is 12.3 Å². The van der Waals surface area contributed by atoms with E-state index in [2.05, 4.69) is 10.3 Å². The second-order valence-corrected chi connectivity index (χ2v) is 5.29. The van der Waals surface area contributed by atoms with Crippen LogP contribution in [0.2, 0.25) is 0 Å². The largest absolute Gasteiger partial charge is 0.478 e. The summed E-state index contributed by atoms with van der Waals surface area (Å²) < 4.78 is 0. The molecule has 8 nitrogen and oxygen atoms in total. The average Bonchev–Trinajstić information content (AvgIpc) is 2.45. The van der Waals surface area contributed by atoms with Gasteiger partial charge in [-0.05, 0) is 12.8 Å². The van der Waals surface area contributed by atoms with Crippen molar-refractivity contribution in [2.75, 3.05) is 11.9 Å². The Morgan fingerprint density at radius 1 is 1.43 bits per heavy atom. The number of nitro groups is 1. The van der Waals surface area contributed by atoms with Gasteiger partial charge in [0.15, 0.2) is 0 Å². The molecule has 0 spiro atoms. The van der Waals surface area contributed by atoms with Gasteiger partial charge in [-0.2, -0.15) is 0 Å². The second kappa shape index (κ2) is 6.04. The normalized spacial score (nSPS) is 17.2. The third-order valence-electron chi connectivity index (χ3n) is 3.68. The van der Waals surface area contributed by atoms with Gasteiger partial charge < -0.3 is 15.5 Å². The molecule has 3 N–H and O–H groups in total. The zero-order chi connectivity index (χ0) is 15.5. The highest BCUT2D eigenvalue weighted by molar-refractivity contribution is 5.88. The first-order chi connectivity index (χ1) is 9.91. The summed E-state index contributed by atoms with van der Waals surface area (Å²) in [5.74, 6) is -1.30. The Morgan fingerprint density at radius 2 is 2.10 bits per heavy atom. The van der Waals surface area contributed by atoms with Crippen molar-refractivity contribution in [2.45, 2.75) is 37.7 Å². The molecule has 0 unspecified atom stereocenters. The highest BCUT2D eigenvalue weighted by Gasteiger charge is 2.30. The van der Waals surface area contributed by atoms with Crippen LogP contribution in [0.3, 0.4) is 0 Å². The van der Waals surface area contributed by atoms with Crippen molar-refractivity contribution in [2.24, 2.45) is 0 Å². The van der Waals surface area contributed by atoms with Gasteiger partial charge in [0, 0.05) is 18.8 Å². The summed E-state index contributed by atoms with van der Waals surface area (Å²) in [5, 5.41) is 33.0. The van der Waals surface area contributed by atoms with Gasteiger partial charge in [0.25, 0.3) is 0 Å². The van der Waals surface area contributed by atoms with Crippen molar-refractivity contribution in [3.8, 4) is 0 Å². The highest BCUT2D eigenvalue weighted by atomic mass is 16.6. The smallest absolute Gasteiger partial charge is 0.337 e. The van der Waals surface area contributed by atoms with E-state index in [0.717, 1.165) is 31.5 Å². The quantitative estimate of drug-likeness (QED) is 0.558. The predicted octanol–water partition coefficient (Wildman–Crippen LogP) is 1.80. The van der Waals surface area contributed by atoms with Gasteiger partial charge in [-0.25, -0.2) is 9.78 Å². The molecule has 0 aliphatic heterocycles. The number of nitrogens with zero attached hydrogens (tertiary/aromatic N) is 2. The minimum Gasteiger partial charge on any atom is -0.478 e. The standard InChI is InChI=1S/C13H17N3O5/c17-12(18)9-6-10(16(20)21)11(14-7-9)15-8-13(19)4-2-1-3-5-13/h6-7,19H,1-5,8H2,(H,14,15)(H,17,18). The summed E-state index contributed by atoms with van der Waals surface area (Å²) in [6.07, 6.45) is 5.26. The molecule has 0 radical (unpaired) electrons. The number of carboxylic acids is 1. The number of rotatable bonds is 5. The van der Waals surface area contributed by atoms with E-state index in [0.29, 0.717) is 12.8 Å². The van der Waals surface area contributed by atoms with Crippen LogP contribution in [0, 0.1) is 10.1 Å². The lowest BCUT2D eigenvalue weighted by atomic mass is 9.85. The van der Waals surface area contributed by atoms with Gasteiger partial charge in [0.1, 0.15) is 0 Å². The summed E-state index contributed by atoms with van der Waals surface area (Å²) in [6, 6.07) is 0.961. The van der Waals surface area contributed by atoms with E-state index in [1.54, 1.807) is 0 Å². The van der Waals surface area contributed by atoms with E-state index >= 15 is 0 Å². The molecule has 0 bridgehead atoms. The number of hydrogen-bond acceptors (Lipinski definition) is 6. The third-order valence-corrected chi connectivity index (χ3v) is 3.68. The first kappa shape index (κ1) is 15.2. The number of carboxylic acid groups (broad SMARTS) is 1. The highest BCUT2D eigenvalue weighted by Crippen LogP contribution is 2.29. The van der Waals surface area contributed by atoms with Gasteiger partial charge in [0.2, 0.25) is 5.82 Å². The van der Waals surface area contributed by atoms with Crippen LogP contribution in [-0.2, 0) is 0 Å². The Kier molecular flexibility index (Phi) is 4.37. The van der Waals surface area contributed by atoms with E-state index in [1.165, 1.54) is 0 Å². The summed E-state index contributed by atoms with van der Waals surface area (Å²) in [5.41, 5.74) is -1.54. The maximum Gasteiger partial charge on any atom is 0.337 e. The SMILES string of the molecule is O=C(O)c1cnc(NCC2(O)CCCCC2)c([N+](=O)[O-])c1. The molecule has 0 aromatic carbocycles. The van der Waals surface area contributed by atoms with E-state index in [9.17, 15) is 20.0 Å². The van der Waals surface area contributed by atoms with Crippen LogP contribution < -0.4 is 5.32 Å². The fourth-order valence-electron chi connectivity index (χ4n) is 2.48. The zero-order valence-corrected chi connectivity index (χ0v) is 11.4. The fraction of sp³-hybridized carbons (Fsp3) is 0.538. The van der Waals surface area contributed by atoms with Gasteiger partial charge >= 0.3 is 11.7 Å². The van der Waals surface area contributed by atoms with Crippen LogP contribution in [-0.4, -0.2) is 38.2 Å². The van der Waals surface area contributed by atoms with Crippen molar-refractivity contribution >= 4 is 17.5 Å². The summed E-state index contributed by atoms with van der Waals surface area (Å²) in [7, 11) is 0. The Morgan fingerprint density at radius 3 is 2.67 bits per heavy atom. The van der Waals surface area contributed by atoms with Crippen molar-refractivity contribution in [1.82, 2.24) is 4.98 Å². The van der Waals surface area contributed by atoms with Gasteiger partial charge in [-0.15, -0.1) is 0 Å². The van der Waals surface area contributed by atoms with Crippen LogP contribution >= 0.6 is 0 Å². The molecule has 0 amide bonds. The van der Waals surface area contributed by atoms with Gasteiger partial charge in [-0.3, -0.25) is 10.1 Å². The predicted molar refractivity (Wildman–Crippen MR) is 74.4 cm³/mol. The molecule has 2 rings (SSSR count). The first-order valence-electron chi connectivity index (χ1n) is 6.75. The van der Waals surface area contributed by atoms with Crippen molar-refractivity contribution in [3.05, 3.63) is 27.9 Å². The number of aromatic carboxylic acids is 1. The molecule has 1 saturated carbocycles. The van der Waals surface area contributed by atoms with Crippen LogP contribution in [0.25, 0.3) is 0 Å². The van der Waals surface area contributed by atoms with E-state index in [-0.39, 0.29) is 17.9 Å². The molecule has 21 heavy (non-hydrogen) atoms. The third kappa shape index (κ3) is 3.66. The summed E-state index contributed by atoms with van der Waals surface area (Å²) in [6.45, 7) is 0.160. The molecular weight excluding hydrogens is 278 g/mol. The van der Waals surface area contributed by atoms with E-state index in [1.807, 2.05) is 0 Å². The van der Waals surface area contributed by atoms with Gasteiger partial charge in [0.05, 0.1) is 16.1 Å². The van der Waals surface area contributed by atoms with Crippen molar-refractivity contribution in [1.29, 1.82) is 0 Å². The topological polar surface area (TPSA) is 126 Å². The maximum absolute atomic E-state index is 11.0. The van der Waals surface area contributed by atoms with E-state index < -0.39 is 22.2 Å². The molecule has 0 saturated heterocycles. The number of nitrogens with one attached hydrogen (secondary N) is 1. The lowest BCUT2D eigenvalue weighted by Gasteiger charge is -2.32. The second-order valence-electron chi connectivity index (χ2n) is 5.29. The summed E-state index contributed by atoms with van der Waals surface area (Å²) in [4.78, 5) is 24.9. The molecular formula is C13H17N3O5. The number of hydrogen-bond donors (Lipinski definition) is 3. The minimum atomic E-state index is -1.27. The Balaban J connectivity index is 2.15. The van der Waals surface area contributed by atoms with Crippen LogP contribution in [0.4, 0.5) is 11.5 Å². The maximum atomic E-state index is 11.0. The fourth-order valence-corrected chi connectivity index (χ4v) is 2.48. The Bertz CT molecular complexity index is 555. The first-order valence-corrected chi connectivity index (χ1v) is 6.75. The number of carbonyl (C=O) groups is 1.